The smallest absolute Gasteiger partial charge is 0.0361 e. The monoisotopic (exact) mass is 187 g/mol. The molecule has 0 spiro atoms. The second-order valence-electron chi connectivity index (χ2n) is 4.23. The highest BCUT2D eigenvalue weighted by molar-refractivity contribution is 5.47. The largest absolute Gasteiger partial charge is 0.378 e. The van der Waals surface area contributed by atoms with Crippen molar-refractivity contribution in [2.75, 3.05) is 19.0 Å². The highest BCUT2D eigenvalue weighted by Gasteiger charge is 2.35. The lowest BCUT2D eigenvalue weighted by Crippen LogP contribution is -2.08. The number of hydrogen-bond donors (Lipinski definition) is 0. The summed E-state index contributed by atoms with van der Waals surface area (Å²) in [6.07, 6.45) is 3.36. The molecule has 0 saturated heterocycles. The van der Waals surface area contributed by atoms with E-state index in [9.17, 15) is 0 Å². The van der Waals surface area contributed by atoms with Gasteiger partial charge in [-0.25, -0.2) is 0 Å². The highest BCUT2D eigenvalue weighted by Crippen LogP contribution is 2.48. The second kappa shape index (κ2) is 3.49. The summed E-state index contributed by atoms with van der Waals surface area (Å²) in [5.74, 6) is 1.46. The minimum Gasteiger partial charge on any atom is -0.378 e. The molecule has 0 bridgehead atoms. The Morgan fingerprint density at radius 1 is 1.29 bits per heavy atom. The van der Waals surface area contributed by atoms with E-state index in [0.717, 1.165) is 11.8 Å². The van der Waals surface area contributed by atoms with Gasteiger partial charge in [0.15, 0.2) is 0 Å². The zero-order valence-corrected chi connectivity index (χ0v) is 8.90. The van der Waals surface area contributed by atoms with Crippen molar-refractivity contribution in [3.63, 3.8) is 0 Å². The summed E-state index contributed by atoms with van der Waals surface area (Å²) in [5, 5.41) is 0. The van der Waals surface area contributed by atoms with E-state index in [1.807, 2.05) is 0 Å². The first-order valence-electron chi connectivity index (χ1n) is 5.12. The van der Waals surface area contributed by atoms with E-state index in [4.69, 9.17) is 0 Å². The first-order valence-corrected chi connectivity index (χ1v) is 5.12. The summed E-state index contributed by atoms with van der Waals surface area (Å²) in [6.45, 7) is 3.84. The Labute approximate surface area is 86.1 Å². The van der Waals surface area contributed by atoms with Crippen LogP contribution in [-0.2, 0) is 0 Å². The standard InChI is InChI=1S/C13H17N/c1-4-10-9-13(10)11-5-7-12(8-6-11)14(2)3/h4-8,10,13H,1,9H2,2-3H3. The quantitative estimate of drug-likeness (QED) is 0.657. The van der Waals surface area contributed by atoms with Gasteiger partial charge in [-0.15, -0.1) is 6.58 Å². The Kier molecular flexibility index (Phi) is 2.32. The molecular weight excluding hydrogens is 170 g/mol. The summed E-state index contributed by atoms with van der Waals surface area (Å²) >= 11 is 0. The molecule has 1 aliphatic rings. The Hall–Kier alpha value is -1.24. The van der Waals surface area contributed by atoms with Gasteiger partial charge in [0.25, 0.3) is 0 Å². The van der Waals surface area contributed by atoms with Crippen molar-refractivity contribution in [1.82, 2.24) is 0 Å². The first-order chi connectivity index (χ1) is 6.72. The molecular formula is C13H17N. The van der Waals surface area contributed by atoms with Gasteiger partial charge in [0.2, 0.25) is 0 Å². The molecule has 1 aromatic carbocycles. The Morgan fingerprint density at radius 3 is 2.36 bits per heavy atom. The van der Waals surface area contributed by atoms with Gasteiger partial charge in [0, 0.05) is 19.8 Å². The molecule has 1 heteroatoms. The van der Waals surface area contributed by atoms with Crippen LogP contribution in [0.4, 0.5) is 5.69 Å². The van der Waals surface area contributed by atoms with Crippen LogP contribution in [0.2, 0.25) is 0 Å². The fourth-order valence-corrected chi connectivity index (χ4v) is 1.88. The summed E-state index contributed by atoms with van der Waals surface area (Å²) in [5.41, 5.74) is 2.73. The van der Waals surface area contributed by atoms with E-state index in [0.29, 0.717) is 0 Å². The lowest BCUT2D eigenvalue weighted by molar-refractivity contribution is 1.01. The third-order valence-corrected chi connectivity index (χ3v) is 2.98. The minimum absolute atomic E-state index is 0.722. The van der Waals surface area contributed by atoms with Crippen LogP contribution in [0.1, 0.15) is 17.9 Å². The Bertz CT molecular complexity index is 324. The third-order valence-electron chi connectivity index (χ3n) is 2.98. The van der Waals surface area contributed by atoms with Crippen molar-refractivity contribution in [1.29, 1.82) is 0 Å². The molecule has 1 aliphatic carbocycles. The molecule has 2 atom stereocenters. The van der Waals surface area contributed by atoms with Crippen LogP contribution in [0.5, 0.6) is 0 Å². The molecule has 1 fully saturated rings. The number of anilines is 1. The second-order valence-corrected chi connectivity index (χ2v) is 4.23. The molecule has 0 N–H and O–H groups in total. The van der Waals surface area contributed by atoms with Crippen molar-refractivity contribution in [2.45, 2.75) is 12.3 Å². The molecule has 1 nitrogen and oxygen atoms in total. The molecule has 2 unspecified atom stereocenters. The maximum Gasteiger partial charge on any atom is 0.0361 e. The fraction of sp³-hybridized carbons (Fsp3) is 0.385. The molecule has 0 amide bonds. The SMILES string of the molecule is C=CC1CC1c1ccc(N(C)C)cc1. The van der Waals surface area contributed by atoms with Crippen LogP contribution < -0.4 is 4.90 Å². The van der Waals surface area contributed by atoms with E-state index in [1.165, 1.54) is 17.7 Å². The van der Waals surface area contributed by atoms with E-state index in [1.54, 1.807) is 0 Å². The molecule has 0 radical (unpaired) electrons. The number of allylic oxidation sites excluding steroid dienone is 1. The lowest BCUT2D eigenvalue weighted by Gasteiger charge is -2.12. The average Bonchev–Trinajstić information content (AvgIpc) is 2.97. The van der Waals surface area contributed by atoms with Crippen molar-refractivity contribution in [3.8, 4) is 0 Å². The average molecular weight is 187 g/mol. The lowest BCUT2D eigenvalue weighted by atomic mass is 10.1. The van der Waals surface area contributed by atoms with Gasteiger partial charge >= 0.3 is 0 Å². The van der Waals surface area contributed by atoms with Crippen molar-refractivity contribution in [2.24, 2.45) is 5.92 Å². The van der Waals surface area contributed by atoms with Crippen LogP contribution in [0.25, 0.3) is 0 Å². The van der Waals surface area contributed by atoms with Crippen LogP contribution >= 0.6 is 0 Å². The number of hydrogen-bond acceptors (Lipinski definition) is 1. The van der Waals surface area contributed by atoms with E-state index >= 15 is 0 Å². The van der Waals surface area contributed by atoms with Crippen LogP contribution in [-0.4, -0.2) is 14.1 Å². The van der Waals surface area contributed by atoms with E-state index in [-0.39, 0.29) is 0 Å². The van der Waals surface area contributed by atoms with Gasteiger partial charge in [-0.2, -0.15) is 0 Å². The van der Waals surface area contributed by atoms with Gasteiger partial charge in [-0.1, -0.05) is 18.2 Å². The summed E-state index contributed by atoms with van der Waals surface area (Å²) in [7, 11) is 4.14. The maximum atomic E-state index is 3.84. The Balaban J connectivity index is 2.11. The van der Waals surface area contributed by atoms with E-state index in [2.05, 4.69) is 55.9 Å². The van der Waals surface area contributed by atoms with Crippen molar-refractivity contribution >= 4 is 5.69 Å². The molecule has 0 aliphatic heterocycles. The zero-order chi connectivity index (χ0) is 10.1. The number of benzene rings is 1. The van der Waals surface area contributed by atoms with Gasteiger partial charge in [0.1, 0.15) is 0 Å². The molecule has 0 heterocycles. The predicted octanol–water partition coefficient (Wildman–Crippen LogP) is 3.04. The first kappa shape index (κ1) is 9.32. The van der Waals surface area contributed by atoms with Crippen LogP contribution in [0, 0.1) is 5.92 Å². The summed E-state index contributed by atoms with van der Waals surface area (Å²) < 4.78 is 0. The number of nitrogens with zero attached hydrogens (tertiary/aromatic N) is 1. The zero-order valence-electron chi connectivity index (χ0n) is 8.90. The highest BCUT2D eigenvalue weighted by atomic mass is 15.1. The molecule has 1 saturated carbocycles. The van der Waals surface area contributed by atoms with Gasteiger partial charge in [-0.05, 0) is 36.0 Å². The molecule has 0 aromatic heterocycles. The predicted molar refractivity (Wildman–Crippen MR) is 61.8 cm³/mol. The fourth-order valence-electron chi connectivity index (χ4n) is 1.88. The van der Waals surface area contributed by atoms with Crippen molar-refractivity contribution < 1.29 is 0 Å². The summed E-state index contributed by atoms with van der Waals surface area (Å²) in [6, 6.07) is 8.86. The number of rotatable bonds is 3. The van der Waals surface area contributed by atoms with Crippen molar-refractivity contribution in [3.05, 3.63) is 42.5 Å². The van der Waals surface area contributed by atoms with Gasteiger partial charge in [0.05, 0.1) is 0 Å². The molecule has 2 rings (SSSR count). The summed E-state index contributed by atoms with van der Waals surface area (Å²) in [4.78, 5) is 2.13. The van der Waals surface area contributed by atoms with Gasteiger partial charge < -0.3 is 4.90 Å². The van der Waals surface area contributed by atoms with Crippen LogP contribution in [0.3, 0.4) is 0 Å². The van der Waals surface area contributed by atoms with Crippen LogP contribution in [0.15, 0.2) is 36.9 Å². The normalized spacial score (nSPS) is 24.4. The minimum atomic E-state index is 0.722. The third kappa shape index (κ3) is 1.67. The molecule has 14 heavy (non-hydrogen) atoms. The maximum absolute atomic E-state index is 3.84. The topological polar surface area (TPSA) is 3.24 Å². The molecule has 74 valence electrons. The van der Waals surface area contributed by atoms with Gasteiger partial charge in [-0.3, -0.25) is 0 Å². The molecule has 1 aromatic rings. The van der Waals surface area contributed by atoms with E-state index < -0.39 is 0 Å². The Morgan fingerprint density at radius 2 is 1.93 bits per heavy atom.